The fourth-order valence-electron chi connectivity index (χ4n) is 4.08. The van der Waals surface area contributed by atoms with Crippen molar-refractivity contribution in [2.45, 2.75) is 87.6 Å². The Morgan fingerprint density at radius 1 is 0.925 bits per heavy atom. The van der Waals surface area contributed by atoms with Gasteiger partial charge in [-0.15, -0.1) is 5.06 Å². The topological polar surface area (TPSA) is 66.9 Å². The first-order valence-electron chi connectivity index (χ1n) is 13.5. The van der Waals surface area contributed by atoms with Gasteiger partial charge in [0, 0.05) is 24.0 Å². The van der Waals surface area contributed by atoms with Gasteiger partial charge in [-0.25, -0.2) is 4.79 Å². The Balaban J connectivity index is 0.000000320. The number of allylic oxidation sites excluding steroid dienone is 1. The van der Waals surface area contributed by atoms with Crippen LogP contribution in [0.5, 0.6) is 0 Å². The van der Waals surface area contributed by atoms with Gasteiger partial charge in [-0.05, 0) is 69.2 Å². The third-order valence-corrected chi connectivity index (χ3v) is 6.42. The summed E-state index contributed by atoms with van der Waals surface area (Å²) in [5, 5.41) is 1.01. The Kier molecular flexibility index (Phi) is 10.9. The average molecular weight is 545 g/mol. The number of amides is 2. The van der Waals surface area contributed by atoms with Crippen LogP contribution in [0.1, 0.15) is 97.8 Å². The fraction of sp³-hybridized carbons (Fsp3) is 0.441. The van der Waals surface area contributed by atoms with Crippen molar-refractivity contribution in [2.75, 3.05) is 4.90 Å². The molecule has 0 aromatic heterocycles. The molecule has 6 heteroatoms. The number of carbonyl (C=O) groups is 3. The standard InChI is InChI=1S/C23H25NO.C10H15NO3.CH4/c1-23(2,3)16-8-13-22(25)24-17-20-11-5-4-9-18(20)14-15-19-10-6-7-12-21(19)24;1-7-5-6-8(12)11(7)14-9(13)10(2,3)4;/h4-7,9-12H,8,13,16-17H2,1-3H3;1,5-6H2,2-4H3;1H4. The van der Waals surface area contributed by atoms with E-state index in [1.807, 2.05) is 47.4 Å². The highest BCUT2D eigenvalue weighted by atomic mass is 16.7. The Hall–Kier alpha value is -3.85. The predicted molar refractivity (Wildman–Crippen MR) is 161 cm³/mol. The third-order valence-electron chi connectivity index (χ3n) is 6.42. The lowest BCUT2D eigenvalue weighted by molar-refractivity contribution is -0.194. The number of fused-ring (bicyclic) bond motifs is 2. The quantitative estimate of drug-likeness (QED) is 0.376. The fourth-order valence-corrected chi connectivity index (χ4v) is 4.08. The number of carbonyl (C=O) groups excluding carboxylic acids is 3. The molecule has 0 bridgehead atoms. The lowest BCUT2D eigenvalue weighted by Gasteiger charge is -2.26. The molecule has 0 N–H and O–H groups in total. The van der Waals surface area contributed by atoms with Crippen molar-refractivity contribution < 1.29 is 19.2 Å². The molecule has 214 valence electrons. The van der Waals surface area contributed by atoms with Crippen molar-refractivity contribution in [3.8, 4) is 11.8 Å². The summed E-state index contributed by atoms with van der Waals surface area (Å²) in [4.78, 5) is 42.5. The smallest absolute Gasteiger partial charge is 0.333 e. The van der Waals surface area contributed by atoms with Crippen molar-refractivity contribution in [3.05, 3.63) is 77.5 Å². The number of benzene rings is 2. The summed E-state index contributed by atoms with van der Waals surface area (Å²) in [7, 11) is 0. The van der Waals surface area contributed by atoms with Crippen molar-refractivity contribution in [3.63, 3.8) is 0 Å². The molecule has 0 unspecified atom stereocenters. The van der Waals surface area contributed by atoms with Crippen molar-refractivity contribution in [1.29, 1.82) is 0 Å². The van der Waals surface area contributed by atoms with E-state index >= 15 is 0 Å². The van der Waals surface area contributed by atoms with Crippen LogP contribution in [0.15, 0.2) is 60.8 Å². The molecule has 2 aliphatic rings. The molecule has 0 spiro atoms. The second-order valence-corrected chi connectivity index (χ2v) is 12.2. The van der Waals surface area contributed by atoms with Gasteiger partial charge in [-0.3, -0.25) is 9.59 Å². The molecule has 2 aliphatic heterocycles. The zero-order valence-electron chi connectivity index (χ0n) is 24.1. The van der Waals surface area contributed by atoms with Crippen molar-refractivity contribution >= 4 is 23.5 Å². The van der Waals surface area contributed by atoms with Crippen LogP contribution in [-0.4, -0.2) is 22.8 Å². The van der Waals surface area contributed by atoms with Gasteiger partial charge in [0.25, 0.3) is 5.91 Å². The van der Waals surface area contributed by atoms with Crippen LogP contribution >= 0.6 is 0 Å². The Morgan fingerprint density at radius 3 is 2.12 bits per heavy atom. The largest absolute Gasteiger partial charge is 0.338 e. The molecule has 2 heterocycles. The average Bonchev–Trinajstić information content (AvgIpc) is 3.16. The van der Waals surface area contributed by atoms with Crippen molar-refractivity contribution in [2.24, 2.45) is 10.8 Å². The van der Waals surface area contributed by atoms with Gasteiger partial charge in [0.15, 0.2) is 0 Å². The minimum atomic E-state index is -0.608. The summed E-state index contributed by atoms with van der Waals surface area (Å²) in [5.41, 5.74) is 4.15. The molecule has 0 radical (unpaired) electrons. The number of rotatable bonds is 4. The van der Waals surface area contributed by atoms with Gasteiger partial charge in [0.1, 0.15) is 0 Å². The summed E-state index contributed by atoms with van der Waals surface area (Å²) >= 11 is 0. The van der Waals surface area contributed by atoms with Crippen LogP contribution in [-0.2, 0) is 25.8 Å². The second kappa shape index (κ2) is 13.5. The zero-order chi connectivity index (χ0) is 28.8. The zero-order valence-corrected chi connectivity index (χ0v) is 24.1. The SMILES string of the molecule is C.C=C1CCC(=O)N1OC(=O)C(C)(C)C.CC(C)(C)CCCC(=O)N1Cc2ccccc2C#Cc2ccccc21. The minimum Gasteiger partial charge on any atom is -0.333 e. The van der Waals surface area contributed by atoms with Gasteiger partial charge < -0.3 is 9.74 Å². The highest BCUT2D eigenvalue weighted by molar-refractivity contribution is 5.95. The van der Waals surface area contributed by atoms with Gasteiger partial charge in [0.2, 0.25) is 5.91 Å². The van der Waals surface area contributed by atoms with Crippen LogP contribution in [0.25, 0.3) is 0 Å². The van der Waals surface area contributed by atoms with E-state index in [4.69, 9.17) is 4.84 Å². The van der Waals surface area contributed by atoms with E-state index in [1.54, 1.807) is 20.8 Å². The van der Waals surface area contributed by atoms with E-state index in [-0.39, 0.29) is 24.7 Å². The van der Waals surface area contributed by atoms with E-state index < -0.39 is 11.4 Å². The molecule has 2 aromatic carbocycles. The summed E-state index contributed by atoms with van der Waals surface area (Å²) in [6, 6.07) is 16.0. The van der Waals surface area contributed by atoms with Crippen LogP contribution in [0.2, 0.25) is 0 Å². The Bertz CT molecular complexity index is 1290. The molecule has 2 aromatic rings. The van der Waals surface area contributed by atoms with E-state index in [2.05, 4.69) is 45.3 Å². The number of hydroxylamine groups is 2. The Labute approximate surface area is 240 Å². The van der Waals surface area contributed by atoms with Gasteiger partial charge >= 0.3 is 5.97 Å². The number of anilines is 1. The maximum absolute atomic E-state index is 13.0. The number of nitrogens with zero attached hydrogens (tertiary/aromatic N) is 2. The van der Waals surface area contributed by atoms with Crippen molar-refractivity contribution in [1.82, 2.24) is 5.06 Å². The number of hydrogen-bond donors (Lipinski definition) is 0. The van der Waals surface area contributed by atoms with Gasteiger partial charge in [-0.2, -0.15) is 0 Å². The third kappa shape index (κ3) is 8.84. The van der Waals surface area contributed by atoms with Gasteiger partial charge in [0.05, 0.1) is 23.3 Å². The molecule has 4 rings (SSSR count). The van der Waals surface area contributed by atoms with E-state index in [0.717, 1.165) is 40.3 Å². The molecule has 2 amide bonds. The molecule has 0 aliphatic carbocycles. The van der Waals surface area contributed by atoms with Crippen LogP contribution in [0.4, 0.5) is 5.69 Å². The van der Waals surface area contributed by atoms with E-state index in [9.17, 15) is 14.4 Å². The Morgan fingerprint density at radius 2 is 1.52 bits per heavy atom. The normalized spacial score (nSPS) is 14.2. The maximum atomic E-state index is 13.0. The van der Waals surface area contributed by atoms with Crippen LogP contribution in [0, 0.1) is 22.7 Å². The first-order chi connectivity index (χ1) is 18.3. The molecular weight excluding hydrogens is 500 g/mol. The molecule has 0 atom stereocenters. The summed E-state index contributed by atoms with van der Waals surface area (Å²) in [6.07, 6.45) is 3.46. The monoisotopic (exact) mass is 544 g/mol. The molecule has 1 saturated heterocycles. The highest BCUT2D eigenvalue weighted by Crippen LogP contribution is 2.28. The van der Waals surface area contributed by atoms with Crippen LogP contribution < -0.4 is 4.90 Å². The first-order valence-corrected chi connectivity index (χ1v) is 13.5. The molecule has 6 nitrogen and oxygen atoms in total. The first kappa shape index (κ1) is 32.4. The van der Waals surface area contributed by atoms with Gasteiger partial charge in [-0.1, -0.05) is 76.9 Å². The number of para-hydroxylation sites is 1. The lowest BCUT2D eigenvalue weighted by Crippen LogP contribution is -2.33. The number of hydrogen-bond acceptors (Lipinski definition) is 4. The summed E-state index contributed by atoms with van der Waals surface area (Å²) < 4.78 is 0. The highest BCUT2D eigenvalue weighted by Gasteiger charge is 2.32. The van der Waals surface area contributed by atoms with E-state index in [0.29, 0.717) is 31.5 Å². The summed E-state index contributed by atoms with van der Waals surface area (Å²) in [5.74, 6) is 6.05. The molecule has 0 saturated carbocycles. The molecular formula is C34H44N2O4. The summed E-state index contributed by atoms with van der Waals surface area (Å²) in [6.45, 7) is 16.1. The van der Waals surface area contributed by atoms with E-state index in [1.165, 1.54) is 0 Å². The molecule has 1 fully saturated rings. The molecule has 40 heavy (non-hydrogen) atoms. The minimum absolute atomic E-state index is 0. The lowest BCUT2D eigenvalue weighted by atomic mass is 9.89. The van der Waals surface area contributed by atoms with Crippen LogP contribution in [0.3, 0.4) is 0 Å². The second-order valence-electron chi connectivity index (χ2n) is 12.2. The predicted octanol–water partition coefficient (Wildman–Crippen LogP) is 7.41. The maximum Gasteiger partial charge on any atom is 0.338 e.